The van der Waals surface area contributed by atoms with E-state index in [-0.39, 0.29) is 15.9 Å². The molecule has 0 aliphatic rings. The molecular weight excluding hydrogens is 384 g/mol. The molecule has 11 heteroatoms. The van der Waals surface area contributed by atoms with Crippen LogP contribution in [0.1, 0.15) is 18.3 Å². The van der Waals surface area contributed by atoms with Crippen LogP contribution in [0.3, 0.4) is 0 Å². The molecule has 132 valence electrons. The quantitative estimate of drug-likeness (QED) is 0.708. The van der Waals surface area contributed by atoms with Crippen LogP contribution in [0.5, 0.6) is 0 Å². The highest BCUT2D eigenvalue weighted by Crippen LogP contribution is 2.28. The van der Waals surface area contributed by atoms with Crippen LogP contribution in [0.2, 0.25) is 5.02 Å². The summed E-state index contributed by atoms with van der Waals surface area (Å²) >= 11 is 6.99. The van der Waals surface area contributed by atoms with E-state index in [1.54, 1.807) is 36.9 Å². The highest BCUT2D eigenvalue weighted by Gasteiger charge is 2.26. The van der Waals surface area contributed by atoms with E-state index in [2.05, 4.69) is 24.2 Å². The number of anilines is 1. The van der Waals surface area contributed by atoms with Gasteiger partial charge in [-0.05, 0) is 32.9 Å². The fraction of sp³-hybridized carbons (Fsp3) is 0.286. The van der Waals surface area contributed by atoms with Crippen LogP contribution in [0.4, 0.5) is 5.13 Å². The number of hydrogen-bond acceptors (Lipinski definition) is 7. The summed E-state index contributed by atoms with van der Waals surface area (Å²) in [6, 6.07) is 3.36. The smallest absolute Gasteiger partial charge is 0.267 e. The second kappa shape index (κ2) is 6.70. The molecule has 3 rings (SSSR count). The third-order valence-electron chi connectivity index (χ3n) is 3.50. The number of hydrogen-bond donors (Lipinski definition) is 1. The largest absolute Gasteiger partial charge is 0.268 e. The van der Waals surface area contributed by atoms with Crippen molar-refractivity contribution in [1.29, 1.82) is 0 Å². The maximum atomic E-state index is 12.7. The number of pyridine rings is 1. The lowest BCUT2D eigenvalue weighted by Gasteiger charge is -2.05. The van der Waals surface area contributed by atoms with Crippen molar-refractivity contribution in [2.75, 3.05) is 4.72 Å². The number of aromatic nitrogens is 5. The normalized spacial score (nSPS) is 11.7. The van der Waals surface area contributed by atoms with E-state index in [1.807, 2.05) is 6.92 Å². The average Bonchev–Trinajstić information content (AvgIpc) is 3.11. The van der Waals surface area contributed by atoms with Gasteiger partial charge in [0.05, 0.1) is 16.4 Å². The van der Waals surface area contributed by atoms with Gasteiger partial charge < -0.3 is 0 Å². The molecule has 1 N–H and O–H groups in total. The number of sulfonamides is 1. The summed E-state index contributed by atoms with van der Waals surface area (Å²) in [6.07, 6.45) is 1.57. The summed E-state index contributed by atoms with van der Waals surface area (Å²) in [6.45, 7) is 5.87. The number of aryl methyl sites for hydroxylation is 2. The summed E-state index contributed by atoms with van der Waals surface area (Å²) in [5, 5.41) is 4.77. The van der Waals surface area contributed by atoms with Crippen molar-refractivity contribution < 1.29 is 8.42 Å². The zero-order chi connectivity index (χ0) is 18.2. The molecule has 0 aliphatic heterocycles. The Labute approximate surface area is 154 Å². The van der Waals surface area contributed by atoms with Crippen LogP contribution in [-0.4, -0.2) is 32.5 Å². The monoisotopic (exact) mass is 398 g/mol. The maximum Gasteiger partial charge on any atom is 0.267 e. The zero-order valence-electron chi connectivity index (χ0n) is 13.7. The number of nitrogens with zero attached hydrogens (tertiary/aromatic N) is 5. The van der Waals surface area contributed by atoms with Crippen molar-refractivity contribution in [3.8, 4) is 11.5 Å². The highest BCUT2D eigenvalue weighted by molar-refractivity contribution is 7.93. The molecule has 0 aliphatic carbocycles. The predicted molar refractivity (Wildman–Crippen MR) is 96.3 cm³/mol. The Kier molecular flexibility index (Phi) is 4.76. The van der Waals surface area contributed by atoms with E-state index in [0.29, 0.717) is 28.6 Å². The van der Waals surface area contributed by atoms with Gasteiger partial charge in [0, 0.05) is 24.3 Å². The molecule has 0 saturated carbocycles. The average molecular weight is 399 g/mol. The molecule has 3 aromatic rings. The minimum absolute atomic E-state index is 0.139. The summed E-state index contributed by atoms with van der Waals surface area (Å²) in [7, 11) is -3.82. The van der Waals surface area contributed by atoms with Gasteiger partial charge in [0.25, 0.3) is 10.0 Å². The first-order valence-corrected chi connectivity index (χ1v) is 9.98. The SMILES string of the molecule is CCn1nc(C)c(S(=O)(=O)Nc2nc(-c3ncccc3Cl)ns2)c1C. The van der Waals surface area contributed by atoms with E-state index in [1.165, 1.54) is 0 Å². The van der Waals surface area contributed by atoms with Gasteiger partial charge in [0.15, 0.2) is 5.82 Å². The summed E-state index contributed by atoms with van der Waals surface area (Å²) < 4.78 is 33.7. The summed E-state index contributed by atoms with van der Waals surface area (Å²) in [5.41, 5.74) is 1.41. The van der Waals surface area contributed by atoms with Gasteiger partial charge in [-0.25, -0.2) is 8.42 Å². The molecule has 3 aromatic heterocycles. The third-order valence-corrected chi connectivity index (χ3v) is 6.16. The van der Waals surface area contributed by atoms with Crippen LogP contribution in [0.15, 0.2) is 23.2 Å². The predicted octanol–water partition coefficient (Wildman–Crippen LogP) is 2.89. The lowest BCUT2D eigenvalue weighted by molar-refractivity contribution is 0.598. The van der Waals surface area contributed by atoms with Crippen molar-refractivity contribution in [2.24, 2.45) is 0 Å². The van der Waals surface area contributed by atoms with Gasteiger partial charge in [-0.1, -0.05) is 11.6 Å². The molecule has 0 spiro atoms. The molecule has 3 heterocycles. The minimum atomic E-state index is -3.82. The molecule has 0 unspecified atom stereocenters. The Bertz CT molecular complexity index is 1030. The molecule has 8 nitrogen and oxygen atoms in total. The third kappa shape index (κ3) is 3.37. The van der Waals surface area contributed by atoms with Crippen molar-refractivity contribution in [1.82, 2.24) is 24.1 Å². The van der Waals surface area contributed by atoms with Crippen LogP contribution >= 0.6 is 23.1 Å². The second-order valence-electron chi connectivity index (χ2n) is 5.18. The first kappa shape index (κ1) is 17.8. The van der Waals surface area contributed by atoms with Crippen LogP contribution in [0, 0.1) is 13.8 Å². The fourth-order valence-corrected chi connectivity index (χ4v) is 4.87. The molecule has 0 atom stereocenters. The van der Waals surface area contributed by atoms with E-state index in [0.717, 1.165) is 11.5 Å². The Hall–Kier alpha value is -2.04. The molecule has 0 amide bonds. The van der Waals surface area contributed by atoms with Crippen LogP contribution in [0.25, 0.3) is 11.5 Å². The van der Waals surface area contributed by atoms with Gasteiger partial charge >= 0.3 is 0 Å². The van der Waals surface area contributed by atoms with Crippen molar-refractivity contribution in [3.63, 3.8) is 0 Å². The van der Waals surface area contributed by atoms with E-state index >= 15 is 0 Å². The van der Waals surface area contributed by atoms with Crippen molar-refractivity contribution in [2.45, 2.75) is 32.2 Å². The Balaban J connectivity index is 1.93. The second-order valence-corrected chi connectivity index (χ2v) is 7.96. The Morgan fingerprint density at radius 1 is 1.36 bits per heavy atom. The molecule has 25 heavy (non-hydrogen) atoms. The topological polar surface area (TPSA) is 103 Å². The van der Waals surface area contributed by atoms with Crippen LogP contribution in [-0.2, 0) is 16.6 Å². The number of rotatable bonds is 5. The summed E-state index contributed by atoms with van der Waals surface area (Å²) in [4.78, 5) is 8.45. The van der Waals surface area contributed by atoms with Gasteiger partial charge in [0.2, 0.25) is 5.13 Å². The van der Waals surface area contributed by atoms with Gasteiger partial charge in [-0.2, -0.15) is 14.5 Å². The van der Waals surface area contributed by atoms with Crippen molar-refractivity contribution >= 4 is 38.3 Å². The van der Waals surface area contributed by atoms with E-state index < -0.39 is 10.0 Å². The Morgan fingerprint density at radius 3 is 2.76 bits per heavy atom. The lowest BCUT2D eigenvalue weighted by atomic mass is 10.3. The first-order chi connectivity index (χ1) is 11.8. The van der Waals surface area contributed by atoms with Gasteiger partial charge in [-0.3, -0.25) is 14.4 Å². The molecule has 0 bridgehead atoms. The molecule has 0 fully saturated rings. The maximum absolute atomic E-state index is 12.7. The van der Waals surface area contributed by atoms with Crippen molar-refractivity contribution in [3.05, 3.63) is 34.7 Å². The fourth-order valence-electron chi connectivity index (χ4n) is 2.45. The van der Waals surface area contributed by atoms with Gasteiger partial charge in [0.1, 0.15) is 10.6 Å². The van der Waals surface area contributed by atoms with E-state index in [4.69, 9.17) is 11.6 Å². The minimum Gasteiger partial charge on any atom is -0.268 e. The van der Waals surface area contributed by atoms with Gasteiger partial charge in [-0.15, -0.1) is 0 Å². The van der Waals surface area contributed by atoms with E-state index in [9.17, 15) is 8.42 Å². The highest BCUT2D eigenvalue weighted by atomic mass is 35.5. The summed E-state index contributed by atoms with van der Waals surface area (Å²) in [5.74, 6) is 0.269. The zero-order valence-corrected chi connectivity index (χ0v) is 16.1. The molecule has 0 aromatic carbocycles. The van der Waals surface area contributed by atoms with Crippen LogP contribution < -0.4 is 4.72 Å². The molecule has 0 radical (unpaired) electrons. The Morgan fingerprint density at radius 2 is 2.12 bits per heavy atom. The molecule has 0 saturated heterocycles. The lowest BCUT2D eigenvalue weighted by Crippen LogP contribution is -2.15. The number of nitrogens with one attached hydrogen (secondary N) is 1. The number of halogens is 1. The standard InChI is InChI=1S/C14H15ClN6O2S2/c1-4-21-9(3)12(8(2)18-21)25(22,23)20-14-17-13(19-24-14)11-10(15)6-5-7-16-11/h5-7H,4H2,1-3H3,(H,17,19,20). The first-order valence-electron chi connectivity index (χ1n) is 7.35. The molecular formula is C14H15ClN6O2S2.